The number of rotatable bonds is 0. The zero-order valence-electron chi connectivity index (χ0n) is 8.73. The standard InChI is InChI=1S/C9H11ClN4O/c1-5-8(15)14(3)6-4-11-9(10)12-7(6)13(5)2/h4-5H,1-3H3/t5-/m1/s1. The molecule has 2 heterocycles. The van der Waals surface area contributed by atoms with Crippen molar-refractivity contribution in [2.24, 2.45) is 0 Å². The van der Waals surface area contributed by atoms with Crippen molar-refractivity contribution in [3.8, 4) is 0 Å². The van der Waals surface area contributed by atoms with E-state index in [9.17, 15) is 4.79 Å². The molecule has 80 valence electrons. The van der Waals surface area contributed by atoms with Gasteiger partial charge in [0.05, 0.1) is 6.20 Å². The van der Waals surface area contributed by atoms with E-state index in [0.717, 1.165) is 0 Å². The van der Waals surface area contributed by atoms with Crippen LogP contribution in [0.2, 0.25) is 5.28 Å². The molecule has 15 heavy (non-hydrogen) atoms. The first-order chi connectivity index (χ1) is 7.02. The summed E-state index contributed by atoms with van der Waals surface area (Å²) in [5.74, 6) is 0.709. The number of amides is 1. The van der Waals surface area contributed by atoms with Crippen LogP contribution in [0.15, 0.2) is 6.20 Å². The third-order valence-corrected chi connectivity index (χ3v) is 2.87. The maximum absolute atomic E-state index is 11.8. The van der Waals surface area contributed by atoms with E-state index < -0.39 is 0 Å². The molecule has 6 heteroatoms. The van der Waals surface area contributed by atoms with E-state index in [1.54, 1.807) is 23.0 Å². The Balaban J connectivity index is 2.58. The SMILES string of the molecule is C[C@@H]1C(=O)N(C)c2cnc(Cl)nc2N1C. The van der Waals surface area contributed by atoms with Crippen molar-refractivity contribution in [3.63, 3.8) is 0 Å². The minimum Gasteiger partial charge on any atom is -0.346 e. The fourth-order valence-corrected chi connectivity index (χ4v) is 1.72. The van der Waals surface area contributed by atoms with Crippen LogP contribution in [-0.4, -0.2) is 36.0 Å². The second kappa shape index (κ2) is 3.34. The zero-order valence-corrected chi connectivity index (χ0v) is 9.49. The van der Waals surface area contributed by atoms with E-state index in [1.807, 2.05) is 14.0 Å². The first kappa shape index (κ1) is 10.2. The molecule has 0 fully saturated rings. The van der Waals surface area contributed by atoms with E-state index in [4.69, 9.17) is 11.6 Å². The smallest absolute Gasteiger partial charge is 0.249 e. The van der Waals surface area contributed by atoms with Gasteiger partial charge in [0, 0.05) is 14.1 Å². The van der Waals surface area contributed by atoms with Crippen LogP contribution < -0.4 is 9.80 Å². The second-order valence-electron chi connectivity index (χ2n) is 3.53. The van der Waals surface area contributed by atoms with Gasteiger partial charge in [-0.05, 0) is 18.5 Å². The maximum Gasteiger partial charge on any atom is 0.249 e. The fourth-order valence-electron chi connectivity index (χ4n) is 1.59. The van der Waals surface area contributed by atoms with Gasteiger partial charge in [-0.2, -0.15) is 4.98 Å². The van der Waals surface area contributed by atoms with Crippen molar-refractivity contribution >= 4 is 29.0 Å². The van der Waals surface area contributed by atoms with Crippen molar-refractivity contribution < 1.29 is 4.79 Å². The Morgan fingerprint density at radius 2 is 2.13 bits per heavy atom. The third-order valence-electron chi connectivity index (χ3n) is 2.68. The summed E-state index contributed by atoms with van der Waals surface area (Å²) in [5.41, 5.74) is 0.685. The van der Waals surface area contributed by atoms with Crippen LogP contribution in [0.1, 0.15) is 6.92 Å². The number of hydrogen-bond acceptors (Lipinski definition) is 4. The van der Waals surface area contributed by atoms with Gasteiger partial charge in [-0.25, -0.2) is 4.98 Å². The Bertz CT molecular complexity index is 423. The molecular weight excluding hydrogens is 216 g/mol. The highest BCUT2D eigenvalue weighted by Crippen LogP contribution is 2.32. The largest absolute Gasteiger partial charge is 0.346 e. The predicted molar refractivity (Wildman–Crippen MR) is 58.3 cm³/mol. The number of likely N-dealkylation sites (N-methyl/N-ethyl adjacent to an activating group) is 2. The molecule has 0 spiro atoms. The fraction of sp³-hybridized carbons (Fsp3) is 0.444. The normalized spacial score (nSPS) is 20.5. The number of aromatic nitrogens is 2. The van der Waals surface area contributed by atoms with Gasteiger partial charge >= 0.3 is 0 Å². The summed E-state index contributed by atoms with van der Waals surface area (Å²) in [4.78, 5) is 23.1. The number of fused-ring (bicyclic) bond motifs is 1. The molecule has 0 saturated heterocycles. The average Bonchev–Trinajstić information content (AvgIpc) is 2.23. The van der Waals surface area contributed by atoms with Gasteiger partial charge in [-0.3, -0.25) is 4.79 Å². The van der Waals surface area contributed by atoms with Crippen molar-refractivity contribution in [1.29, 1.82) is 0 Å². The molecule has 0 aliphatic carbocycles. The summed E-state index contributed by atoms with van der Waals surface area (Å²) in [7, 11) is 3.53. The van der Waals surface area contributed by atoms with Gasteiger partial charge in [0.25, 0.3) is 0 Å². The van der Waals surface area contributed by atoms with Gasteiger partial charge in [0.2, 0.25) is 11.2 Å². The second-order valence-corrected chi connectivity index (χ2v) is 3.87. The molecule has 1 aliphatic heterocycles. The van der Waals surface area contributed by atoms with Crippen LogP contribution in [0.5, 0.6) is 0 Å². The number of carbonyl (C=O) groups is 1. The minimum absolute atomic E-state index is 0.0240. The minimum atomic E-state index is -0.228. The number of hydrogen-bond donors (Lipinski definition) is 0. The molecule has 0 N–H and O–H groups in total. The highest BCUT2D eigenvalue weighted by molar-refractivity contribution is 6.28. The van der Waals surface area contributed by atoms with Crippen LogP contribution in [0.25, 0.3) is 0 Å². The van der Waals surface area contributed by atoms with Crippen molar-refractivity contribution in [1.82, 2.24) is 9.97 Å². The predicted octanol–water partition coefficient (Wildman–Crippen LogP) is 0.931. The molecule has 0 saturated carbocycles. The van der Waals surface area contributed by atoms with Gasteiger partial charge in [-0.15, -0.1) is 0 Å². The van der Waals surface area contributed by atoms with E-state index in [-0.39, 0.29) is 17.2 Å². The van der Waals surface area contributed by atoms with E-state index >= 15 is 0 Å². The Kier molecular flexibility index (Phi) is 2.26. The van der Waals surface area contributed by atoms with Crippen LogP contribution in [-0.2, 0) is 4.79 Å². The van der Waals surface area contributed by atoms with Gasteiger partial charge in [0.15, 0.2) is 5.82 Å². The summed E-state index contributed by atoms with van der Waals surface area (Å²) in [6.45, 7) is 1.83. The molecule has 1 aliphatic rings. The van der Waals surface area contributed by atoms with Crippen molar-refractivity contribution in [2.75, 3.05) is 23.9 Å². The van der Waals surface area contributed by atoms with Crippen molar-refractivity contribution in [3.05, 3.63) is 11.5 Å². The molecule has 5 nitrogen and oxygen atoms in total. The Morgan fingerprint density at radius 3 is 2.80 bits per heavy atom. The lowest BCUT2D eigenvalue weighted by Gasteiger charge is -2.36. The van der Waals surface area contributed by atoms with Crippen LogP contribution in [0.4, 0.5) is 11.5 Å². The third kappa shape index (κ3) is 1.43. The topological polar surface area (TPSA) is 49.3 Å². The van der Waals surface area contributed by atoms with E-state index in [2.05, 4.69) is 9.97 Å². The number of nitrogens with zero attached hydrogens (tertiary/aromatic N) is 4. The van der Waals surface area contributed by atoms with Crippen molar-refractivity contribution in [2.45, 2.75) is 13.0 Å². The molecule has 2 rings (SSSR count). The number of anilines is 2. The summed E-state index contributed by atoms with van der Waals surface area (Å²) < 4.78 is 0. The van der Waals surface area contributed by atoms with E-state index in [1.165, 1.54) is 0 Å². The van der Waals surface area contributed by atoms with Gasteiger partial charge in [-0.1, -0.05) is 0 Å². The molecular formula is C9H11ClN4O. The average molecular weight is 227 g/mol. The van der Waals surface area contributed by atoms with Gasteiger partial charge < -0.3 is 9.80 Å². The summed E-state index contributed by atoms with van der Waals surface area (Å²) in [5, 5.41) is 0.190. The molecule has 0 radical (unpaired) electrons. The molecule has 0 unspecified atom stereocenters. The zero-order chi connectivity index (χ0) is 11.2. The molecule has 0 aromatic carbocycles. The number of halogens is 1. The molecule has 1 amide bonds. The lowest BCUT2D eigenvalue weighted by molar-refractivity contribution is -0.119. The lowest BCUT2D eigenvalue weighted by atomic mass is 10.2. The summed E-state index contributed by atoms with van der Waals surface area (Å²) >= 11 is 5.72. The van der Waals surface area contributed by atoms with Crippen LogP contribution in [0, 0.1) is 0 Å². The van der Waals surface area contributed by atoms with Crippen LogP contribution in [0.3, 0.4) is 0 Å². The first-order valence-electron chi connectivity index (χ1n) is 4.55. The highest BCUT2D eigenvalue weighted by Gasteiger charge is 2.32. The highest BCUT2D eigenvalue weighted by atomic mass is 35.5. The molecule has 1 atom stereocenters. The number of carbonyl (C=O) groups excluding carboxylic acids is 1. The quantitative estimate of drug-likeness (QED) is 0.618. The summed E-state index contributed by atoms with van der Waals surface area (Å²) in [6.07, 6.45) is 1.56. The molecule has 0 bridgehead atoms. The Morgan fingerprint density at radius 1 is 1.47 bits per heavy atom. The maximum atomic E-state index is 11.8. The Hall–Kier alpha value is -1.36. The first-order valence-corrected chi connectivity index (χ1v) is 4.93. The van der Waals surface area contributed by atoms with Crippen LogP contribution >= 0.6 is 11.6 Å². The monoisotopic (exact) mass is 226 g/mol. The molecule has 1 aromatic heterocycles. The van der Waals surface area contributed by atoms with Gasteiger partial charge in [0.1, 0.15) is 11.7 Å². The Labute approximate surface area is 92.7 Å². The molecule has 1 aromatic rings. The summed E-state index contributed by atoms with van der Waals surface area (Å²) in [6, 6.07) is -0.228. The lowest BCUT2D eigenvalue weighted by Crippen LogP contribution is -2.49. The van der Waals surface area contributed by atoms with E-state index in [0.29, 0.717) is 11.5 Å².